The SMILES string of the molecule is COCCCC(=O)c1ccc2c(c1)CCO2. The van der Waals surface area contributed by atoms with Gasteiger partial charge in [-0.25, -0.2) is 0 Å². The van der Waals surface area contributed by atoms with Gasteiger partial charge in [0.1, 0.15) is 5.75 Å². The Labute approximate surface area is 95.4 Å². The molecule has 86 valence electrons. The van der Waals surface area contributed by atoms with Crippen molar-refractivity contribution in [2.75, 3.05) is 20.3 Å². The number of hydrogen-bond donors (Lipinski definition) is 0. The fourth-order valence-electron chi connectivity index (χ4n) is 1.88. The van der Waals surface area contributed by atoms with Gasteiger partial charge in [-0.05, 0) is 30.2 Å². The summed E-state index contributed by atoms with van der Waals surface area (Å²) in [6.07, 6.45) is 2.24. The summed E-state index contributed by atoms with van der Waals surface area (Å²) in [6.45, 7) is 1.37. The molecule has 0 amide bonds. The molecule has 1 aromatic rings. The lowest BCUT2D eigenvalue weighted by atomic mass is 10.0. The number of fused-ring (bicyclic) bond motifs is 1. The van der Waals surface area contributed by atoms with Gasteiger partial charge in [0, 0.05) is 32.1 Å². The normalized spacial score (nSPS) is 13.3. The average Bonchev–Trinajstić information content (AvgIpc) is 2.76. The number of hydrogen-bond acceptors (Lipinski definition) is 3. The van der Waals surface area contributed by atoms with E-state index in [1.807, 2.05) is 18.2 Å². The van der Waals surface area contributed by atoms with Crippen molar-refractivity contribution >= 4 is 5.78 Å². The van der Waals surface area contributed by atoms with E-state index in [4.69, 9.17) is 9.47 Å². The first kappa shape index (κ1) is 11.1. The summed E-state index contributed by atoms with van der Waals surface area (Å²) in [7, 11) is 1.65. The monoisotopic (exact) mass is 220 g/mol. The fraction of sp³-hybridized carbons (Fsp3) is 0.462. The van der Waals surface area contributed by atoms with Crippen LogP contribution in [0.15, 0.2) is 18.2 Å². The van der Waals surface area contributed by atoms with Crippen molar-refractivity contribution in [2.45, 2.75) is 19.3 Å². The van der Waals surface area contributed by atoms with Gasteiger partial charge in [-0.3, -0.25) is 4.79 Å². The molecule has 1 heterocycles. The minimum absolute atomic E-state index is 0.187. The lowest BCUT2D eigenvalue weighted by molar-refractivity contribution is 0.0963. The molecule has 0 saturated carbocycles. The van der Waals surface area contributed by atoms with Gasteiger partial charge >= 0.3 is 0 Å². The summed E-state index contributed by atoms with van der Waals surface area (Å²) in [4.78, 5) is 11.8. The molecule has 0 radical (unpaired) electrons. The summed E-state index contributed by atoms with van der Waals surface area (Å²) in [5.74, 6) is 1.11. The highest BCUT2D eigenvalue weighted by Crippen LogP contribution is 2.26. The first-order valence-corrected chi connectivity index (χ1v) is 5.59. The number of benzene rings is 1. The molecule has 0 spiro atoms. The van der Waals surface area contributed by atoms with Crippen LogP contribution in [0.25, 0.3) is 0 Å². The zero-order chi connectivity index (χ0) is 11.4. The van der Waals surface area contributed by atoms with Gasteiger partial charge in [0.15, 0.2) is 5.78 Å². The summed E-state index contributed by atoms with van der Waals surface area (Å²) >= 11 is 0. The maximum Gasteiger partial charge on any atom is 0.162 e. The molecule has 0 bridgehead atoms. The molecule has 0 atom stereocenters. The van der Waals surface area contributed by atoms with Crippen molar-refractivity contribution in [2.24, 2.45) is 0 Å². The van der Waals surface area contributed by atoms with Crippen LogP contribution in [0.1, 0.15) is 28.8 Å². The molecule has 0 aliphatic carbocycles. The predicted octanol–water partition coefficient (Wildman–Crippen LogP) is 2.23. The fourth-order valence-corrected chi connectivity index (χ4v) is 1.88. The van der Waals surface area contributed by atoms with Crippen LogP contribution in [-0.4, -0.2) is 26.1 Å². The second-order valence-electron chi connectivity index (χ2n) is 3.94. The minimum atomic E-state index is 0.187. The molecule has 3 heteroatoms. The number of methoxy groups -OCH3 is 1. The van der Waals surface area contributed by atoms with Gasteiger partial charge < -0.3 is 9.47 Å². The summed E-state index contributed by atoms with van der Waals surface area (Å²) in [6, 6.07) is 5.70. The van der Waals surface area contributed by atoms with E-state index in [2.05, 4.69) is 0 Å². The average molecular weight is 220 g/mol. The maximum atomic E-state index is 11.8. The van der Waals surface area contributed by atoms with Gasteiger partial charge in [-0.1, -0.05) is 0 Å². The van der Waals surface area contributed by atoms with Crippen molar-refractivity contribution < 1.29 is 14.3 Å². The molecular formula is C13H16O3. The maximum absolute atomic E-state index is 11.8. The van der Waals surface area contributed by atoms with Crippen molar-refractivity contribution in [3.8, 4) is 5.75 Å². The van der Waals surface area contributed by atoms with Gasteiger partial charge in [-0.2, -0.15) is 0 Å². The van der Waals surface area contributed by atoms with Crippen LogP contribution >= 0.6 is 0 Å². The van der Waals surface area contributed by atoms with Crippen LogP contribution in [0, 0.1) is 0 Å². The third-order valence-electron chi connectivity index (χ3n) is 2.76. The van der Waals surface area contributed by atoms with E-state index in [0.29, 0.717) is 13.0 Å². The molecule has 0 unspecified atom stereocenters. The largest absolute Gasteiger partial charge is 0.493 e. The summed E-state index contributed by atoms with van der Waals surface area (Å²) in [5, 5.41) is 0. The molecule has 2 rings (SSSR count). The lowest BCUT2D eigenvalue weighted by Gasteiger charge is -2.03. The molecule has 0 fully saturated rings. The molecular weight excluding hydrogens is 204 g/mol. The highest BCUT2D eigenvalue weighted by Gasteiger charge is 2.14. The molecule has 16 heavy (non-hydrogen) atoms. The second kappa shape index (κ2) is 5.12. The van der Waals surface area contributed by atoms with Gasteiger partial charge in [0.25, 0.3) is 0 Å². The van der Waals surface area contributed by atoms with Crippen molar-refractivity contribution in [3.63, 3.8) is 0 Å². The van der Waals surface area contributed by atoms with Gasteiger partial charge in [0.2, 0.25) is 0 Å². The number of rotatable bonds is 5. The summed E-state index contributed by atoms with van der Waals surface area (Å²) < 4.78 is 10.3. The Balaban J connectivity index is 2.01. The van der Waals surface area contributed by atoms with E-state index >= 15 is 0 Å². The van der Waals surface area contributed by atoms with E-state index in [1.165, 1.54) is 0 Å². The lowest BCUT2D eigenvalue weighted by Crippen LogP contribution is -2.01. The molecule has 1 aliphatic rings. The molecule has 0 saturated heterocycles. The van der Waals surface area contributed by atoms with Gasteiger partial charge in [-0.15, -0.1) is 0 Å². The molecule has 1 aromatic carbocycles. The van der Waals surface area contributed by atoms with Crippen molar-refractivity contribution in [1.29, 1.82) is 0 Å². The Hall–Kier alpha value is -1.35. The zero-order valence-corrected chi connectivity index (χ0v) is 9.49. The standard InChI is InChI=1S/C13H16O3/c1-15-7-2-3-12(14)10-4-5-13-11(9-10)6-8-16-13/h4-5,9H,2-3,6-8H2,1H3. The number of ether oxygens (including phenoxy) is 2. The number of carbonyl (C=O) groups excluding carboxylic acids is 1. The van der Waals surface area contributed by atoms with Crippen LogP contribution in [0.5, 0.6) is 5.75 Å². The highest BCUT2D eigenvalue weighted by molar-refractivity contribution is 5.96. The van der Waals surface area contributed by atoms with Crippen LogP contribution in [0.3, 0.4) is 0 Å². The second-order valence-corrected chi connectivity index (χ2v) is 3.94. The van der Waals surface area contributed by atoms with E-state index in [-0.39, 0.29) is 5.78 Å². The van der Waals surface area contributed by atoms with Crippen molar-refractivity contribution in [1.82, 2.24) is 0 Å². The van der Waals surface area contributed by atoms with Gasteiger partial charge in [0.05, 0.1) is 6.61 Å². The molecule has 0 aromatic heterocycles. The molecule has 3 nitrogen and oxygen atoms in total. The van der Waals surface area contributed by atoms with Crippen LogP contribution < -0.4 is 4.74 Å². The first-order chi connectivity index (χ1) is 7.81. The summed E-state index contributed by atoms with van der Waals surface area (Å²) in [5.41, 5.74) is 1.94. The Morgan fingerprint density at radius 3 is 3.19 bits per heavy atom. The third-order valence-corrected chi connectivity index (χ3v) is 2.76. The first-order valence-electron chi connectivity index (χ1n) is 5.59. The van der Waals surface area contributed by atoms with E-state index in [0.717, 1.165) is 36.3 Å². The minimum Gasteiger partial charge on any atom is -0.493 e. The zero-order valence-electron chi connectivity index (χ0n) is 9.49. The van der Waals surface area contributed by atoms with Crippen molar-refractivity contribution in [3.05, 3.63) is 29.3 Å². The molecule has 0 N–H and O–H groups in total. The van der Waals surface area contributed by atoms with E-state index < -0.39 is 0 Å². The number of carbonyl (C=O) groups is 1. The Morgan fingerprint density at radius 1 is 1.50 bits per heavy atom. The Kier molecular flexibility index (Phi) is 3.57. The highest BCUT2D eigenvalue weighted by atomic mass is 16.5. The number of Topliss-reactive ketones (excluding diaryl/α,β-unsaturated/α-hetero) is 1. The predicted molar refractivity (Wildman–Crippen MR) is 61.1 cm³/mol. The Morgan fingerprint density at radius 2 is 2.38 bits per heavy atom. The topological polar surface area (TPSA) is 35.5 Å². The Bertz CT molecular complexity index is 385. The van der Waals surface area contributed by atoms with Crippen LogP contribution in [0.4, 0.5) is 0 Å². The van der Waals surface area contributed by atoms with E-state index in [9.17, 15) is 4.79 Å². The third kappa shape index (κ3) is 2.42. The van der Waals surface area contributed by atoms with Crippen LogP contribution in [0.2, 0.25) is 0 Å². The smallest absolute Gasteiger partial charge is 0.162 e. The quantitative estimate of drug-likeness (QED) is 0.564. The molecule has 1 aliphatic heterocycles. The van der Waals surface area contributed by atoms with E-state index in [1.54, 1.807) is 7.11 Å². The van der Waals surface area contributed by atoms with Crippen LogP contribution in [-0.2, 0) is 11.2 Å². The number of ketones is 1.